The molecule has 0 spiro atoms. The number of fused-ring (bicyclic) bond motifs is 2. The number of para-hydroxylation sites is 1. The van der Waals surface area contributed by atoms with E-state index in [0.29, 0.717) is 43.7 Å². The number of rotatable bonds is 10. The maximum Gasteiger partial charge on any atom is 0.254 e. The zero-order chi connectivity index (χ0) is 45.2. The first-order valence-corrected chi connectivity index (χ1v) is 22.8. The quantitative estimate of drug-likeness (QED) is 0.110. The van der Waals surface area contributed by atoms with E-state index in [1.54, 1.807) is 0 Å². The molecular weight excluding hydrogens is 821 g/mol. The number of piperazine rings is 1. The third-order valence-corrected chi connectivity index (χ3v) is 12.5. The number of hydrogen-bond donors (Lipinski definition) is 2. The Morgan fingerprint density at radius 3 is 2.45 bits per heavy atom. The highest BCUT2D eigenvalue weighted by molar-refractivity contribution is 6.01. The minimum Gasteiger partial charge on any atom is -0.373 e. The largest absolute Gasteiger partial charge is 0.373 e. The highest BCUT2D eigenvalue weighted by atomic mass is 16.2. The van der Waals surface area contributed by atoms with Crippen molar-refractivity contribution in [1.29, 1.82) is 0 Å². The van der Waals surface area contributed by atoms with Crippen molar-refractivity contribution in [3.05, 3.63) is 160 Å². The predicted octanol–water partition coefficient (Wildman–Crippen LogP) is 7.12. The van der Waals surface area contributed by atoms with Crippen LogP contribution in [0.3, 0.4) is 0 Å². The van der Waals surface area contributed by atoms with Crippen LogP contribution in [0.4, 0.5) is 5.82 Å². The van der Waals surface area contributed by atoms with Crippen molar-refractivity contribution in [1.82, 2.24) is 35.0 Å². The number of nitrogens with zero attached hydrogens (tertiary/aromatic N) is 6. The number of hydrogen-bond acceptors (Lipinski definition) is 9. The van der Waals surface area contributed by atoms with Gasteiger partial charge in [0.2, 0.25) is 11.8 Å². The molecule has 9 rings (SSSR count). The van der Waals surface area contributed by atoms with Crippen LogP contribution in [-0.4, -0.2) is 100 Å². The topological polar surface area (TPSA) is 124 Å². The zero-order valence-electron chi connectivity index (χ0n) is 37.2. The highest BCUT2D eigenvalue weighted by Crippen LogP contribution is 2.29. The second-order valence-corrected chi connectivity index (χ2v) is 17.0. The lowest BCUT2D eigenvalue weighted by Crippen LogP contribution is -2.46. The lowest BCUT2D eigenvalue weighted by Gasteiger charge is -2.33. The first-order chi connectivity index (χ1) is 32.3. The monoisotopic (exact) mass is 872 g/mol. The number of imide groups is 1. The SMILES string of the molecule is CNc1nc(-c2cnc3ccccc3c2)nc2c1CCN(C(=O)c1ccc(C/C=C/c3ccc(C#CCN4CCN(CCC#Cc5cccc(C6CCC(=O)NC6=O)c5)CC4)cc3)cc1)C2. The summed E-state index contributed by atoms with van der Waals surface area (Å²) in [7, 11) is 1.87. The predicted molar refractivity (Wildman–Crippen MR) is 259 cm³/mol. The second-order valence-electron chi connectivity index (χ2n) is 17.0. The molecule has 330 valence electrons. The van der Waals surface area contributed by atoms with E-state index in [4.69, 9.17) is 9.97 Å². The van der Waals surface area contributed by atoms with Crippen LogP contribution in [-0.2, 0) is 29.0 Å². The Morgan fingerprint density at radius 2 is 1.64 bits per heavy atom. The first kappa shape index (κ1) is 43.8. The van der Waals surface area contributed by atoms with E-state index in [2.05, 4.69) is 91.6 Å². The van der Waals surface area contributed by atoms with Gasteiger partial charge < -0.3 is 10.2 Å². The number of pyridine rings is 1. The summed E-state index contributed by atoms with van der Waals surface area (Å²) in [6.45, 7) is 6.63. The molecule has 2 aromatic heterocycles. The van der Waals surface area contributed by atoms with Gasteiger partial charge in [0.15, 0.2) is 5.82 Å². The number of piperidine rings is 1. The Kier molecular flexibility index (Phi) is 13.7. The zero-order valence-corrected chi connectivity index (χ0v) is 37.2. The molecule has 11 heteroatoms. The smallest absolute Gasteiger partial charge is 0.254 e. The van der Waals surface area contributed by atoms with E-state index in [1.807, 2.05) is 90.9 Å². The molecule has 1 unspecified atom stereocenters. The van der Waals surface area contributed by atoms with E-state index in [-0.39, 0.29) is 23.6 Å². The molecule has 6 aromatic rings. The minimum atomic E-state index is -0.294. The van der Waals surface area contributed by atoms with Gasteiger partial charge in [-0.3, -0.25) is 34.5 Å². The Hall–Kier alpha value is -7.44. The molecule has 2 saturated heterocycles. The molecular formula is C55H52N8O3. The fourth-order valence-corrected chi connectivity index (χ4v) is 8.76. The van der Waals surface area contributed by atoms with Crippen molar-refractivity contribution >= 4 is 40.5 Å². The van der Waals surface area contributed by atoms with E-state index < -0.39 is 0 Å². The van der Waals surface area contributed by atoms with Crippen molar-refractivity contribution < 1.29 is 14.4 Å². The van der Waals surface area contributed by atoms with E-state index in [0.717, 1.165) is 113 Å². The molecule has 0 aliphatic carbocycles. The lowest BCUT2D eigenvalue weighted by molar-refractivity contribution is -0.134. The molecule has 3 aliphatic rings. The van der Waals surface area contributed by atoms with Gasteiger partial charge in [-0.1, -0.05) is 90.4 Å². The van der Waals surface area contributed by atoms with Crippen molar-refractivity contribution in [3.63, 3.8) is 0 Å². The Bertz CT molecular complexity index is 2920. The average molecular weight is 873 g/mol. The summed E-state index contributed by atoms with van der Waals surface area (Å²) in [5, 5.41) is 6.72. The maximum atomic E-state index is 13.7. The van der Waals surface area contributed by atoms with Crippen molar-refractivity contribution in [2.45, 2.75) is 44.6 Å². The van der Waals surface area contributed by atoms with Crippen LogP contribution in [0.25, 0.3) is 28.4 Å². The molecule has 0 bridgehead atoms. The van der Waals surface area contributed by atoms with E-state index in [9.17, 15) is 14.4 Å². The van der Waals surface area contributed by atoms with Gasteiger partial charge in [0.25, 0.3) is 5.91 Å². The molecule has 1 atom stereocenters. The molecule has 3 aliphatic heterocycles. The molecule has 4 aromatic carbocycles. The van der Waals surface area contributed by atoms with Crippen LogP contribution in [0.15, 0.2) is 115 Å². The van der Waals surface area contributed by atoms with Gasteiger partial charge in [-0.2, -0.15) is 0 Å². The Morgan fingerprint density at radius 1 is 0.833 bits per heavy atom. The normalized spacial score (nSPS) is 16.5. The number of carbonyl (C=O) groups is 3. The number of aromatic nitrogens is 3. The van der Waals surface area contributed by atoms with Crippen molar-refractivity contribution in [3.8, 4) is 35.1 Å². The first-order valence-electron chi connectivity index (χ1n) is 22.8. The number of nitrogens with one attached hydrogen (secondary N) is 2. The van der Waals surface area contributed by atoms with Crippen LogP contribution in [0.5, 0.6) is 0 Å². The standard InChI is InChI=1S/C55H52N8O3/c1-56-53-48-27-30-63(38-50(48)58-52(60-53)46-36-45-14-2-3-16-49(45)57-37-46)55(66)43-23-21-40(22-24-43)11-6-10-39-17-19-41(20-18-39)13-8-29-62-33-31-61(32-34-62)28-5-4-9-42-12-7-15-44(35-42)47-25-26-51(64)59-54(47)65/h2-3,6-7,10,12,14-24,35-37,47H,5,11,25-34,38H2,1H3,(H,56,58,60)(H,59,64,65)/b10-6+. The molecule has 11 nitrogen and oxygen atoms in total. The minimum absolute atomic E-state index is 0.00366. The number of benzene rings is 4. The lowest BCUT2D eigenvalue weighted by atomic mass is 9.90. The third-order valence-electron chi connectivity index (χ3n) is 12.5. The van der Waals surface area contributed by atoms with E-state index >= 15 is 0 Å². The highest BCUT2D eigenvalue weighted by Gasteiger charge is 2.28. The van der Waals surface area contributed by atoms with Gasteiger partial charge in [0.05, 0.1) is 30.2 Å². The summed E-state index contributed by atoms with van der Waals surface area (Å²) in [6, 6.07) is 34.1. The summed E-state index contributed by atoms with van der Waals surface area (Å²) in [4.78, 5) is 58.6. The van der Waals surface area contributed by atoms with Gasteiger partial charge in [0.1, 0.15) is 5.82 Å². The number of carbonyl (C=O) groups excluding carboxylic acids is 3. The molecule has 66 heavy (non-hydrogen) atoms. The molecule has 5 heterocycles. The summed E-state index contributed by atoms with van der Waals surface area (Å²) in [5.41, 5.74) is 9.40. The van der Waals surface area contributed by atoms with Crippen molar-refractivity contribution in [2.24, 2.45) is 0 Å². The summed E-state index contributed by atoms with van der Waals surface area (Å²) < 4.78 is 0. The van der Waals surface area contributed by atoms with Gasteiger partial charge in [0, 0.05) is 98.6 Å². The third kappa shape index (κ3) is 10.7. The Balaban J connectivity index is 0.701. The number of amides is 3. The van der Waals surface area contributed by atoms with Crippen LogP contribution in [0.1, 0.15) is 74.6 Å². The van der Waals surface area contributed by atoms with Gasteiger partial charge in [-0.05, 0) is 84.5 Å². The maximum absolute atomic E-state index is 13.7. The van der Waals surface area contributed by atoms with Crippen LogP contribution >= 0.6 is 0 Å². The van der Waals surface area contributed by atoms with Crippen LogP contribution in [0, 0.1) is 23.7 Å². The summed E-state index contributed by atoms with van der Waals surface area (Å²) in [5.74, 6) is 13.9. The number of allylic oxidation sites excluding steroid dienone is 1. The fourth-order valence-electron chi connectivity index (χ4n) is 8.76. The molecule has 2 fully saturated rings. The van der Waals surface area contributed by atoms with Gasteiger partial charge >= 0.3 is 0 Å². The van der Waals surface area contributed by atoms with Crippen LogP contribution < -0.4 is 10.6 Å². The summed E-state index contributed by atoms with van der Waals surface area (Å²) >= 11 is 0. The second kappa shape index (κ2) is 20.6. The average Bonchev–Trinajstić information content (AvgIpc) is 3.35. The summed E-state index contributed by atoms with van der Waals surface area (Å²) in [6.07, 6.45) is 9.21. The van der Waals surface area contributed by atoms with Crippen molar-refractivity contribution in [2.75, 3.05) is 58.2 Å². The van der Waals surface area contributed by atoms with E-state index in [1.165, 1.54) is 0 Å². The van der Waals surface area contributed by atoms with Crippen LogP contribution in [0.2, 0.25) is 0 Å². The molecule has 3 amide bonds. The molecule has 2 N–H and O–H groups in total. The van der Waals surface area contributed by atoms with Gasteiger partial charge in [-0.25, -0.2) is 9.97 Å². The molecule has 0 radical (unpaired) electrons. The number of anilines is 1. The molecule has 0 saturated carbocycles. The Labute approximate surface area is 386 Å². The van der Waals surface area contributed by atoms with Gasteiger partial charge in [-0.15, -0.1) is 0 Å². The fraction of sp³-hybridized carbons (Fsp3) is 0.273.